The molecule has 3 N–H and O–H groups in total. The van der Waals surface area contributed by atoms with E-state index in [1.165, 1.54) is 31.3 Å². The third-order valence-corrected chi connectivity index (χ3v) is 16.7. The van der Waals surface area contributed by atoms with Gasteiger partial charge in [0.25, 0.3) is 5.91 Å². The van der Waals surface area contributed by atoms with E-state index < -0.39 is 87.2 Å². The number of nitrogens with one attached hydrogen (secondary N) is 2. The number of nitrogens with zero attached hydrogens (tertiary/aromatic N) is 4. The van der Waals surface area contributed by atoms with Gasteiger partial charge in [0.05, 0.1) is 53.8 Å². The number of Topliss-reactive ketones (excluding diaryl/α,β-unsaturated/α-hetero) is 1. The number of hydrogen-bond donors (Lipinski definition) is 3. The zero-order chi connectivity index (χ0) is 53.1. The van der Waals surface area contributed by atoms with Crippen molar-refractivity contribution >= 4 is 51.5 Å². The second-order valence-electron chi connectivity index (χ2n) is 20.9. The predicted molar refractivity (Wildman–Crippen MR) is 267 cm³/mol. The topological polar surface area (TPSA) is 239 Å². The maximum atomic E-state index is 14.5. The van der Waals surface area contributed by atoms with Gasteiger partial charge in [-0.15, -0.1) is 0 Å². The number of likely N-dealkylation sites (N-methyl/N-ethyl adjacent to an activating group) is 2. The molecule has 0 radical (unpaired) electrons. The predicted octanol–water partition coefficient (Wildman–Crippen LogP) is 4.36. The molecule has 1 saturated carbocycles. The highest BCUT2D eigenvalue weighted by Crippen LogP contribution is 2.32. The number of amides is 5. The Hall–Kier alpha value is -4.66. The molecule has 0 aromatic heterocycles. The lowest BCUT2D eigenvalue weighted by Crippen LogP contribution is -2.55. The smallest absolute Gasteiger partial charge is 0.415 e. The van der Waals surface area contributed by atoms with E-state index >= 15 is 0 Å². The van der Waals surface area contributed by atoms with Gasteiger partial charge in [-0.05, 0) is 88.1 Å². The van der Waals surface area contributed by atoms with Gasteiger partial charge in [0.15, 0.2) is 5.78 Å². The molecule has 2 aliphatic heterocycles. The number of hydrogen-bond acceptors (Lipinski definition) is 13. The molecule has 3 fully saturated rings. The Morgan fingerprint density at radius 1 is 0.817 bits per heavy atom. The summed E-state index contributed by atoms with van der Waals surface area (Å²) in [5.41, 5.74) is 0.521. The molecule has 0 spiro atoms. The van der Waals surface area contributed by atoms with Crippen molar-refractivity contribution in [2.24, 2.45) is 35.5 Å². The van der Waals surface area contributed by atoms with Gasteiger partial charge >= 0.3 is 12.1 Å². The minimum atomic E-state index is -3.99. The number of carboxylic acid groups (broad SMARTS) is 1. The lowest BCUT2D eigenvalue weighted by atomic mass is 9.83. The molecule has 4 rings (SSSR count). The third-order valence-electron chi connectivity index (χ3n) is 14.8. The summed E-state index contributed by atoms with van der Waals surface area (Å²) in [5, 5.41) is 11.3. The molecule has 400 valence electrons. The van der Waals surface area contributed by atoms with Crippen LogP contribution in [-0.4, -0.2) is 171 Å². The molecular weight excluding hydrogens is 937 g/mol. The molecule has 20 heteroatoms. The number of likely N-dealkylation sites (tertiary alicyclic amines) is 2. The molecule has 71 heavy (non-hydrogen) atoms. The molecule has 19 nitrogen and oxygen atoms in total. The maximum absolute atomic E-state index is 14.5. The number of benzene rings is 1. The molecule has 0 bridgehead atoms. The Labute approximate surface area is 421 Å². The Bertz CT molecular complexity index is 2100. The maximum Gasteiger partial charge on any atom is 0.415 e. The first-order chi connectivity index (χ1) is 33.4. The fourth-order valence-corrected chi connectivity index (χ4v) is 11.7. The van der Waals surface area contributed by atoms with Crippen LogP contribution in [0.25, 0.3) is 0 Å². The van der Waals surface area contributed by atoms with Gasteiger partial charge in [-0.25, -0.2) is 13.2 Å². The van der Waals surface area contributed by atoms with Crippen LogP contribution in [0, 0.1) is 35.5 Å². The lowest BCUT2D eigenvalue weighted by Gasteiger charge is -2.41. The van der Waals surface area contributed by atoms with E-state index in [-0.39, 0.29) is 79.5 Å². The summed E-state index contributed by atoms with van der Waals surface area (Å²) in [6.45, 7) is 14.4. The second kappa shape index (κ2) is 26.3. The summed E-state index contributed by atoms with van der Waals surface area (Å²) >= 11 is 0. The van der Waals surface area contributed by atoms with Gasteiger partial charge < -0.3 is 39.3 Å². The van der Waals surface area contributed by atoms with E-state index in [1.807, 2.05) is 60.5 Å². The van der Waals surface area contributed by atoms with E-state index in [9.17, 15) is 47.1 Å². The number of rotatable bonds is 26. The van der Waals surface area contributed by atoms with E-state index in [0.29, 0.717) is 57.1 Å². The monoisotopic (exact) mass is 1020 g/mol. The van der Waals surface area contributed by atoms with Crippen LogP contribution in [0.2, 0.25) is 0 Å². The highest BCUT2D eigenvalue weighted by atomic mass is 32.2. The second-order valence-corrected chi connectivity index (χ2v) is 22.8. The van der Waals surface area contributed by atoms with Gasteiger partial charge in [-0.3, -0.25) is 38.4 Å². The van der Waals surface area contributed by atoms with Crippen LogP contribution >= 0.6 is 0 Å². The van der Waals surface area contributed by atoms with Gasteiger partial charge in [-0.1, -0.05) is 67.0 Å². The Morgan fingerprint density at radius 3 is 1.94 bits per heavy atom. The summed E-state index contributed by atoms with van der Waals surface area (Å²) in [6.07, 6.45) is 1.00. The molecule has 2 heterocycles. The summed E-state index contributed by atoms with van der Waals surface area (Å²) in [4.78, 5) is 101. The molecule has 1 aliphatic carbocycles. The summed E-state index contributed by atoms with van der Waals surface area (Å²) in [6, 6.07) is 3.47. The minimum Gasteiger partial charge on any atom is -0.481 e. The van der Waals surface area contributed by atoms with E-state index in [2.05, 4.69) is 10.0 Å². The first kappa shape index (κ1) is 58.9. The molecule has 9 atom stereocenters. The van der Waals surface area contributed by atoms with Crippen molar-refractivity contribution in [1.82, 2.24) is 29.6 Å². The molecule has 5 amide bonds. The third kappa shape index (κ3) is 15.7. The van der Waals surface area contributed by atoms with Gasteiger partial charge in [0.2, 0.25) is 27.7 Å². The van der Waals surface area contributed by atoms with Crippen LogP contribution in [0.5, 0.6) is 5.75 Å². The Morgan fingerprint density at radius 2 is 1.44 bits per heavy atom. The number of ether oxygens (including phenoxy) is 3. The number of carbonyl (C=O) groups excluding carboxylic acids is 6. The Balaban J connectivity index is 1.49. The van der Waals surface area contributed by atoms with Crippen LogP contribution in [0.1, 0.15) is 112 Å². The van der Waals surface area contributed by atoms with Gasteiger partial charge in [0, 0.05) is 59.7 Å². The van der Waals surface area contributed by atoms with Crippen molar-refractivity contribution in [3.8, 4) is 5.75 Å². The number of piperidine rings is 1. The van der Waals surface area contributed by atoms with Crippen LogP contribution in [0.4, 0.5) is 4.79 Å². The number of methoxy groups -OCH3 is 2. The zero-order valence-electron chi connectivity index (χ0n) is 44.1. The van der Waals surface area contributed by atoms with Crippen LogP contribution < -0.4 is 14.8 Å². The van der Waals surface area contributed by atoms with Crippen molar-refractivity contribution in [1.29, 1.82) is 0 Å². The quantitative estimate of drug-likeness (QED) is 0.117. The van der Waals surface area contributed by atoms with E-state index in [4.69, 9.17) is 14.2 Å². The van der Waals surface area contributed by atoms with Crippen molar-refractivity contribution in [3.05, 3.63) is 29.8 Å². The number of carboxylic acids is 1. The molecule has 0 unspecified atom stereocenters. The summed E-state index contributed by atoms with van der Waals surface area (Å²) in [5.74, 6) is -4.84. The van der Waals surface area contributed by atoms with Crippen LogP contribution in [0.3, 0.4) is 0 Å². The fourth-order valence-electron chi connectivity index (χ4n) is 10.4. The number of sulfonamides is 1. The summed E-state index contributed by atoms with van der Waals surface area (Å²) < 4.78 is 45.6. The van der Waals surface area contributed by atoms with Gasteiger partial charge in [-0.2, -0.15) is 0 Å². The van der Waals surface area contributed by atoms with Crippen molar-refractivity contribution in [3.63, 3.8) is 0 Å². The zero-order valence-corrected chi connectivity index (χ0v) is 44.9. The lowest BCUT2D eigenvalue weighted by molar-refractivity contribution is -0.149. The molecule has 1 aromatic rings. The normalized spacial score (nSPS) is 20.1. The molecule has 1 aromatic carbocycles. The van der Waals surface area contributed by atoms with Crippen molar-refractivity contribution in [2.75, 3.05) is 55.0 Å². The van der Waals surface area contributed by atoms with Crippen molar-refractivity contribution in [2.45, 2.75) is 154 Å². The van der Waals surface area contributed by atoms with Crippen LogP contribution in [-0.2, 0) is 54.7 Å². The highest BCUT2D eigenvalue weighted by Gasteiger charge is 2.44. The Kier molecular flexibility index (Phi) is 21.9. The molecular formula is C51H82N6O13S. The summed E-state index contributed by atoms with van der Waals surface area (Å²) in [7, 11) is 4.44. The average molecular weight is 1020 g/mol. The SMILES string of the molecule is CC[C@H](C)[C@@H]([C@@H](CC(=O)N1CCC[C@H]1[C@H](OC)[C@@H](C)C(=O)N[C@@H](Cc1ccc(OC(=O)N2CCC(C(=O)O)CC2)cc1)C(=O)NS(=O)(=O)C1CC1)OC)N(C)C(=O)[C@@H](CC(=O)[C@H](C(C)C)N(C)C)C(C)C. The fraction of sp³-hybridized carbons (Fsp3) is 0.745. The molecule has 3 aliphatic rings. The number of carbonyl (C=O) groups is 7. The molecule has 2 saturated heterocycles. The highest BCUT2D eigenvalue weighted by molar-refractivity contribution is 7.90. The van der Waals surface area contributed by atoms with E-state index in [0.717, 1.165) is 0 Å². The first-order valence-electron chi connectivity index (χ1n) is 25.3. The van der Waals surface area contributed by atoms with Gasteiger partial charge in [0.1, 0.15) is 11.8 Å². The van der Waals surface area contributed by atoms with E-state index in [1.54, 1.807) is 35.9 Å². The number of aliphatic carboxylic acids is 1. The number of ketones is 1. The average Bonchev–Trinajstić information content (AvgIpc) is 4.08. The van der Waals surface area contributed by atoms with Crippen molar-refractivity contribution < 1.29 is 61.3 Å². The standard InChI is InChI=1S/C51H82N6O13S/c1-13-32(6)45(55(10)49(62)38(30(2)3)28-41(58)44(31(4)5)54(8)9)42(68-11)29-43(59)57-24-14-15-40(57)46(69-12)33(7)47(60)52-39(48(61)53-71(66,67)37-20-21-37)27-34-16-18-36(19-17-34)70-51(65)56-25-22-35(23-26-56)50(63)64/h16-19,30-33,35,37-40,42,44-46H,13-15,20-29H2,1-12H3,(H,52,60)(H,53,61)(H,63,64)/t32-,33+,38-,39-,40-,42+,44-,45-,46+/m0/s1. The minimum absolute atomic E-state index is 0.00137. The first-order valence-corrected chi connectivity index (χ1v) is 26.9. The van der Waals surface area contributed by atoms with Crippen LogP contribution in [0.15, 0.2) is 24.3 Å². The largest absolute Gasteiger partial charge is 0.481 e.